The summed E-state index contributed by atoms with van der Waals surface area (Å²) in [5.41, 5.74) is 27.5. The minimum Gasteiger partial charge on any atom is -0.310 e. The third-order valence-corrected chi connectivity index (χ3v) is 25.2. The lowest BCUT2D eigenvalue weighted by Gasteiger charge is -2.28. The monoisotopic (exact) mass is 1560 g/mol. The Balaban J connectivity index is 0.858. The average Bonchev–Trinajstić information content (AvgIpc) is 1.49. The highest BCUT2D eigenvalue weighted by molar-refractivity contribution is 6.27. The predicted molar refractivity (Wildman–Crippen MR) is 518 cm³/mol. The van der Waals surface area contributed by atoms with Crippen molar-refractivity contribution >= 4 is 149 Å². The van der Waals surface area contributed by atoms with Gasteiger partial charge in [-0.3, -0.25) is 0 Å². The molecule has 0 radical (unpaired) electrons. The molecule has 0 spiro atoms. The van der Waals surface area contributed by atoms with Crippen LogP contribution >= 0.6 is 0 Å². The van der Waals surface area contributed by atoms with Crippen molar-refractivity contribution < 1.29 is 0 Å². The van der Waals surface area contributed by atoms with E-state index in [0.717, 1.165) is 100 Å². The van der Waals surface area contributed by atoms with Gasteiger partial charge in [0.2, 0.25) is 0 Å². The molecule has 0 amide bonds. The van der Waals surface area contributed by atoms with Crippen LogP contribution in [0.1, 0.15) is 158 Å². The highest BCUT2D eigenvalue weighted by Gasteiger charge is 2.30. The summed E-state index contributed by atoms with van der Waals surface area (Å²) in [4.78, 5) is 7.42. The number of nitrogens with zero attached hydrogens (tertiary/aromatic N) is 6. The van der Waals surface area contributed by atoms with Crippen LogP contribution in [0.15, 0.2) is 328 Å². The highest BCUT2D eigenvalue weighted by atomic mass is 15.2. The molecule has 0 fully saturated rings. The molecule has 120 heavy (non-hydrogen) atoms. The fraction of sp³-hybridized carbons (Fsp3) is 0.211. The third kappa shape index (κ3) is 13.5. The molecule has 0 N–H and O–H groups in total. The smallest absolute Gasteiger partial charge is 0.0561 e. The van der Waals surface area contributed by atoms with E-state index in [9.17, 15) is 0 Å². The van der Waals surface area contributed by atoms with Crippen molar-refractivity contribution in [1.29, 1.82) is 0 Å². The molecular formula is C114H108N6. The molecule has 19 aromatic rings. The molecule has 0 bridgehead atoms. The van der Waals surface area contributed by atoms with Crippen molar-refractivity contribution in [2.24, 2.45) is 0 Å². The Labute approximate surface area is 707 Å². The summed E-state index contributed by atoms with van der Waals surface area (Å²) in [6.07, 6.45) is 0. The van der Waals surface area contributed by atoms with Crippen LogP contribution in [0.5, 0.6) is 0 Å². The summed E-state index contributed by atoms with van der Waals surface area (Å²) < 4.78 is 7.56. The molecule has 3 heterocycles. The molecule has 0 saturated heterocycles. The van der Waals surface area contributed by atoms with Crippen molar-refractivity contribution in [3.63, 3.8) is 0 Å². The fourth-order valence-electron chi connectivity index (χ4n) is 18.4. The lowest BCUT2D eigenvalue weighted by Crippen LogP contribution is -2.17. The molecule has 6 nitrogen and oxygen atoms in total. The van der Waals surface area contributed by atoms with Gasteiger partial charge in [-0.2, -0.15) is 0 Å². The van der Waals surface area contributed by atoms with Crippen molar-refractivity contribution in [2.45, 2.75) is 157 Å². The lowest BCUT2D eigenvalue weighted by atomic mass is 9.80. The summed E-state index contributed by atoms with van der Waals surface area (Å²) in [5.74, 6) is 0. The number of para-hydroxylation sites is 6. The van der Waals surface area contributed by atoms with Crippen molar-refractivity contribution in [2.75, 3.05) is 14.7 Å². The van der Waals surface area contributed by atoms with Gasteiger partial charge in [-0.1, -0.05) is 288 Å². The number of rotatable bonds is 12. The quantitative estimate of drug-likeness (QED) is 0.114. The van der Waals surface area contributed by atoms with Gasteiger partial charge in [-0.25, -0.2) is 0 Å². The van der Waals surface area contributed by atoms with Gasteiger partial charge in [0.15, 0.2) is 0 Å². The van der Waals surface area contributed by atoms with Crippen molar-refractivity contribution in [3.8, 4) is 17.1 Å². The van der Waals surface area contributed by atoms with Gasteiger partial charge in [-0.05, 0) is 262 Å². The first-order chi connectivity index (χ1) is 57.3. The summed E-state index contributed by atoms with van der Waals surface area (Å²) in [5, 5.41) is 14.2. The average molecular weight is 1560 g/mol. The molecule has 594 valence electrons. The Morgan fingerprint density at radius 1 is 0.150 bits per heavy atom. The number of aromatic nitrogens is 3. The third-order valence-electron chi connectivity index (χ3n) is 25.2. The topological polar surface area (TPSA) is 24.5 Å². The first-order valence-electron chi connectivity index (χ1n) is 42.9. The SMILES string of the molecule is CC(C)(C)c1cc(-n2c3ccccc3c3ccc(N(c4ccccc4)c4ccc5c(c4)c4ccc(N(c6ccccc6)c6ccc7c8ccccc8n(-c8cc(C(C)(C)C)cc(C(C)(C)C)c8)c7c6)cc4c4ccc(N(c6ccccc6)c6ccc7c8ccccc8n(-c8cc(C(C)(C)C)cc(C(C)(C)C)c8)c7c6)cc54)cc32)cc(C(C)(C)C)c1. The maximum atomic E-state index is 2.52. The number of hydrogen-bond acceptors (Lipinski definition) is 3. The predicted octanol–water partition coefficient (Wildman–Crippen LogP) is 32.6. The van der Waals surface area contributed by atoms with Crippen LogP contribution in [0.2, 0.25) is 0 Å². The molecule has 0 saturated carbocycles. The van der Waals surface area contributed by atoms with Crippen LogP contribution < -0.4 is 14.7 Å². The zero-order valence-corrected chi connectivity index (χ0v) is 72.9. The number of hydrogen-bond donors (Lipinski definition) is 0. The fourth-order valence-corrected chi connectivity index (χ4v) is 18.4. The van der Waals surface area contributed by atoms with E-state index >= 15 is 0 Å². The van der Waals surface area contributed by atoms with Crippen molar-refractivity contribution in [1.82, 2.24) is 13.7 Å². The zero-order chi connectivity index (χ0) is 83.4. The Bertz CT molecular complexity index is 6450. The molecule has 0 aliphatic carbocycles. The highest BCUT2D eigenvalue weighted by Crippen LogP contribution is 2.50. The van der Waals surface area contributed by atoms with Gasteiger partial charge < -0.3 is 28.4 Å². The van der Waals surface area contributed by atoms with Crippen LogP contribution in [0, 0.1) is 0 Å². The summed E-state index contributed by atoms with van der Waals surface area (Å²) in [6, 6.07) is 125. The lowest BCUT2D eigenvalue weighted by molar-refractivity contribution is 0.567. The van der Waals surface area contributed by atoms with Gasteiger partial charge in [-0.15, -0.1) is 0 Å². The molecule has 0 aliphatic heterocycles. The van der Waals surface area contributed by atoms with E-state index in [2.05, 4.69) is 481 Å². The molecule has 0 atom stereocenters. The normalized spacial score (nSPS) is 12.8. The maximum Gasteiger partial charge on any atom is 0.0561 e. The first-order valence-corrected chi connectivity index (χ1v) is 42.9. The Kier molecular flexibility index (Phi) is 18.2. The maximum absolute atomic E-state index is 2.52. The second-order valence-corrected chi connectivity index (χ2v) is 39.7. The Morgan fingerprint density at radius 3 is 0.567 bits per heavy atom. The van der Waals surface area contributed by atoms with Crippen molar-refractivity contribution in [3.05, 3.63) is 361 Å². The first kappa shape index (κ1) is 77.0. The molecular weight excluding hydrogens is 1450 g/mol. The van der Waals surface area contributed by atoms with E-state index in [1.54, 1.807) is 0 Å². The molecule has 16 aromatic carbocycles. The number of anilines is 9. The van der Waals surface area contributed by atoms with Crippen LogP contribution in [0.25, 0.3) is 115 Å². The van der Waals surface area contributed by atoms with E-state index in [4.69, 9.17) is 0 Å². The molecule has 0 unspecified atom stereocenters. The second kappa shape index (κ2) is 28.4. The Hall–Kier alpha value is -12.9. The minimum absolute atomic E-state index is 0.0772. The van der Waals surface area contributed by atoms with E-state index < -0.39 is 0 Å². The number of benzene rings is 16. The van der Waals surface area contributed by atoms with Gasteiger partial charge in [0.1, 0.15) is 0 Å². The Morgan fingerprint density at radius 2 is 0.342 bits per heavy atom. The van der Waals surface area contributed by atoms with Gasteiger partial charge >= 0.3 is 0 Å². The van der Waals surface area contributed by atoms with Crippen LogP contribution in [0.3, 0.4) is 0 Å². The largest absolute Gasteiger partial charge is 0.310 e. The second-order valence-electron chi connectivity index (χ2n) is 39.7. The molecule has 3 aromatic heterocycles. The molecule has 19 rings (SSSR count). The van der Waals surface area contributed by atoms with Gasteiger partial charge in [0, 0.05) is 101 Å². The van der Waals surface area contributed by atoms with Gasteiger partial charge in [0.05, 0.1) is 33.1 Å². The summed E-state index contributed by atoms with van der Waals surface area (Å²) in [7, 11) is 0. The van der Waals surface area contributed by atoms with Crippen LogP contribution in [-0.4, -0.2) is 13.7 Å². The minimum atomic E-state index is -0.0772. The zero-order valence-electron chi connectivity index (χ0n) is 72.9. The molecule has 6 heteroatoms. The van der Waals surface area contributed by atoms with E-state index in [1.165, 1.54) is 99.3 Å². The van der Waals surface area contributed by atoms with Crippen LogP contribution in [-0.2, 0) is 32.5 Å². The van der Waals surface area contributed by atoms with E-state index in [-0.39, 0.29) is 32.5 Å². The molecule has 0 aliphatic rings. The van der Waals surface area contributed by atoms with Gasteiger partial charge in [0.25, 0.3) is 0 Å². The summed E-state index contributed by atoms with van der Waals surface area (Å²) in [6.45, 7) is 42.0. The van der Waals surface area contributed by atoms with E-state index in [1.807, 2.05) is 0 Å². The standard InChI is InChI=1S/C114H108N6/c1-109(2,3)73-58-74(110(4,5)6)62-88(61-73)118-103-43-31-28-40-94(103)97-55-49-85(70-106(97)118)115(79-34-22-19-23-35-79)82-46-52-91-100(67-82)92-53-47-83(116(80-36-24-20-25-37-80)86-50-56-98-95-41-29-32-44-104(95)119(107(98)71-86)89-63-75(111(7,8)9)59-76(64-89)112(10,11)12)69-102(92)93-54-48-84(68-101(91)93)117(81-38-26-21-27-39-81)87-51-57-99-96-42-30-33-45-105(96)120(108(99)72-87)90-65-77(113(13,14)15)60-78(66-90)114(16,17)18/h19-72H,1-18H3. The van der Waals surface area contributed by atoms with E-state index in [0.29, 0.717) is 0 Å². The van der Waals surface area contributed by atoms with Crippen LogP contribution in [0.4, 0.5) is 51.2 Å². The number of fused-ring (bicyclic) bond motifs is 15. The summed E-state index contributed by atoms with van der Waals surface area (Å²) >= 11 is 0.